The van der Waals surface area contributed by atoms with Crippen LogP contribution >= 0.6 is 11.8 Å². The van der Waals surface area contributed by atoms with Crippen LogP contribution in [0.1, 0.15) is 16.8 Å². The Kier molecular flexibility index (Phi) is 2.63. The smallest absolute Gasteiger partial charge is 0.337 e. The Labute approximate surface area is 86.5 Å². The molecule has 0 aromatic heterocycles. The zero-order valence-corrected chi connectivity index (χ0v) is 8.43. The number of benzene rings is 1. The quantitative estimate of drug-likeness (QED) is 0.745. The fourth-order valence-corrected chi connectivity index (χ4v) is 2.49. The Morgan fingerprint density at radius 1 is 1.50 bits per heavy atom. The predicted molar refractivity (Wildman–Crippen MR) is 57.2 cm³/mol. The molecule has 0 unspecified atom stereocenters. The van der Waals surface area contributed by atoms with Crippen molar-refractivity contribution in [2.24, 2.45) is 0 Å². The lowest BCUT2D eigenvalue weighted by molar-refractivity contribution is 0.0697. The number of nitrogens with one attached hydrogen (secondary N) is 1. The van der Waals surface area contributed by atoms with Crippen LogP contribution in [0.25, 0.3) is 0 Å². The maximum Gasteiger partial charge on any atom is 0.337 e. The van der Waals surface area contributed by atoms with Gasteiger partial charge in [-0.25, -0.2) is 4.79 Å². The van der Waals surface area contributed by atoms with Gasteiger partial charge in [-0.3, -0.25) is 0 Å². The van der Waals surface area contributed by atoms with E-state index in [9.17, 15) is 4.79 Å². The van der Waals surface area contributed by atoms with Crippen molar-refractivity contribution in [1.82, 2.24) is 0 Å². The lowest BCUT2D eigenvalue weighted by atomic mass is 10.2. The number of fused-ring (bicyclic) bond motifs is 1. The summed E-state index contributed by atoms with van der Waals surface area (Å²) in [4.78, 5) is 12.0. The lowest BCUT2D eigenvalue weighted by Crippen LogP contribution is -2.06. The highest BCUT2D eigenvalue weighted by Gasteiger charge is 2.15. The van der Waals surface area contributed by atoms with Crippen LogP contribution in [0.15, 0.2) is 23.1 Å². The van der Waals surface area contributed by atoms with Crippen molar-refractivity contribution in [3.63, 3.8) is 0 Å². The molecule has 0 amide bonds. The molecule has 0 atom stereocenters. The van der Waals surface area contributed by atoms with Crippen LogP contribution in [0.4, 0.5) is 5.69 Å². The number of hydrogen-bond donors (Lipinski definition) is 2. The molecule has 0 spiro atoms. The van der Waals surface area contributed by atoms with Gasteiger partial charge in [0, 0.05) is 11.4 Å². The highest BCUT2D eigenvalue weighted by Crippen LogP contribution is 2.32. The Morgan fingerprint density at radius 3 is 3.14 bits per heavy atom. The van der Waals surface area contributed by atoms with Gasteiger partial charge < -0.3 is 10.4 Å². The number of rotatable bonds is 1. The Morgan fingerprint density at radius 2 is 2.36 bits per heavy atom. The van der Waals surface area contributed by atoms with E-state index in [4.69, 9.17) is 5.11 Å². The molecular weight excluding hydrogens is 198 g/mol. The van der Waals surface area contributed by atoms with E-state index < -0.39 is 5.97 Å². The summed E-state index contributed by atoms with van der Waals surface area (Å²) in [5.74, 6) is 0.181. The van der Waals surface area contributed by atoms with E-state index in [0.717, 1.165) is 29.3 Å². The summed E-state index contributed by atoms with van der Waals surface area (Å²) in [7, 11) is 0. The summed E-state index contributed by atoms with van der Waals surface area (Å²) >= 11 is 1.72. The van der Waals surface area contributed by atoms with Gasteiger partial charge in [-0.2, -0.15) is 0 Å². The van der Waals surface area contributed by atoms with Gasteiger partial charge in [0.05, 0.1) is 11.3 Å². The minimum atomic E-state index is -0.864. The van der Waals surface area contributed by atoms with Gasteiger partial charge in [0.2, 0.25) is 0 Å². The predicted octanol–water partition coefficient (Wildman–Crippen LogP) is 2.29. The molecule has 1 aromatic rings. The van der Waals surface area contributed by atoms with Gasteiger partial charge in [-0.1, -0.05) is 6.07 Å². The highest BCUT2D eigenvalue weighted by molar-refractivity contribution is 7.99. The first-order valence-corrected chi connectivity index (χ1v) is 5.50. The minimum Gasteiger partial charge on any atom is -0.478 e. The van der Waals surface area contributed by atoms with Crippen LogP contribution in [-0.2, 0) is 0 Å². The molecule has 0 fully saturated rings. The Balaban J connectivity index is 2.47. The molecule has 0 bridgehead atoms. The fourth-order valence-electron chi connectivity index (χ4n) is 1.48. The number of carboxylic acid groups (broad SMARTS) is 1. The fraction of sp³-hybridized carbons (Fsp3) is 0.300. The lowest BCUT2D eigenvalue weighted by Gasteiger charge is -2.09. The molecule has 14 heavy (non-hydrogen) atoms. The van der Waals surface area contributed by atoms with Gasteiger partial charge in [0.15, 0.2) is 0 Å². The number of para-hydroxylation sites is 1. The topological polar surface area (TPSA) is 49.3 Å². The summed E-state index contributed by atoms with van der Waals surface area (Å²) in [6.07, 6.45) is 1.07. The third-order valence-electron chi connectivity index (χ3n) is 2.14. The third-order valence-corrected chi connectivity index (χ3v) is 3.28. The Bertz CT molecular complexity index is 365. The summed E-state index contributed by atoms with van der Waals surface area (Å²) in [6.45, 7) is 0.851. The summed E-state index contributed by atoms with van der Waals surface area (Å²) in [6, 6.07) is 5.40. The van der Waals surface area contributed by atoms with E-state index in [0.29, 0.717) is 5.56 Å². The van der Waals surface area contributed by atoms with Crippen molar-refractivity contribution in [1.29, 1.82) is 0 Å². The molecular formula is C10H11NO2S. The number of carbonyl (C=O) groups is 1. The molecule has 1 aliphatic rings. The van der Waals surface area contributed by atoms with E-state index in [1.165, 1.54) is 0 Å². The Hall–Kier alpha value is -1.16. The number of thioether (sulfide) groups is 1. The SMILES string of the molecule is O=C(O)c1cccc2c1NCCCS2. The van der Waals surface area contributed by atoms with Gasteiger partial charge in [-0.05, 0) is 24.3 Å². The summed E-state index contributed by atoms with van der Waals surface area (Å²) in [5.41, 5.74) is 1.15. The molecule has 2 rings (SSSR count). The van der Waals surface area contributed by atoms with Crippen LogP contribution in [-0.4, -0.2) is 23.4 Å². The average Bonchev–Trinajstić information content (AvgIpc) is 2.41. The van der Waals surface area contributed by atoms with Crippen LogP contribution in [0, 0.1) is 0 Å². The normalized spacial score (nSPS) is 15.1. The first kappa shape index (κ1) is 9.40. The minimum absolute atomic E-state index is 0.372. The van der Waals surface area contributed by atoms with Gasteiger partial charge in [0.1, 0.15) is 0 Å². The molecule has 1 aliphatic heterocycles. The molecule has 3 nitrogen and oxygen atoms in total. The molecule has 2 N–H and O–H groups in total. The number of anilines is 1. The van der Waals surface area contributed by atoms with E-state index in [1.54, 1.807) is 23.9 Å². The van der Waals surface area contributed by atoms with Crippen LogP contribution < -0.4 is 5.32 Å². The molecule has 74 valence electrons. The monoisotopic (exact) mass is 209 g/mol. The van der Waals surface area contributed by atoms with Crippen molar-refractivity contribution in [2.75, 3.05) is 17.6 Å². The zero-order chi connectivity index (χ0) is 9.97. The molecule has 1 aromatic carbocycles. The number of aromatic carboxylic acids is 1. The standard InChI is InChI=1S/C10H11NO2S/c12-10(13)7-3-1-4-8-9(7)11-5-2-6-14-8/h1,3-4,11H,2,5-6H2,(H,12,13). The van der Waals surface area contributed by atoms with E-state index >= 15 is 0 Å². The first-order chi connectivity index (χ1) is 6.79. The number of hydrogen-bond acceptors (Lipinski definition) is 3. The van der Waals surface area contributed by atoms with E-state index in [-0.39, 0.29) is 0 Å². The van der Waals surface area contributed by atoms with Crippen molar-refractivity contribution >= 4 is 23.4 Å². The molecule has 0 saturated carbocycles. The second-order valence-electron chi connectivity index (χ2n) is 3.11. The highest BCUT2D eigenvalue weighted by atomic mass is 32.2. The van der Waals surface area contributed by atoms with E-state index in [2.05, 4.69) is 5.32 Å². The van der Waals surface area contributed by atoms with Crippen molar-refractivity contribution in [3.05, 3.63) is 23.8 Å². The molecule has 1 heterocycles. The summed E-state index contributed by atoms with van der Waals surface area (Å²) in [5, 5.41) is 12.2. The van der Waals surface area contributed by atoms with Crippen LogP contribution in [0.2, 0.25) is 0 Å². The van der Waals surface area contributed by atoms with E-state index in [1.807, 2.05) is 6.07 Å². The molecule has 0 aliphatic carbocycles. The second-order valence-corrected chi connectivity index (χ2v) is 4.25. The molecule has 0 radical (unpaired) electrons. The third kappa shape index (κ3) is 1.70. The molecule has 0 saturated heterocycles. The van der Waals surface area contributed by atoms with Crippen LogP contribution in [0.3, 0.4) is 0 Å². The van der Waals surface area contributed by atoms with Crippen molar-refractivity contribution in [3.8, 4) is 0 Å². The van der Waals surface area contributed by atoms with Gasteiger partial charge in [0.25, 0.3) is 0 Å². The maximum atomic E-state index is 10.9. The van der Waals surface area contributed by atoms with Crippen LogP contribution in [0.5, 0.6) is 0 Å². The second kappa shape index (κ2) is 3.92. The summed E-state index contributed by atoms with van der Waals surface area (Å²) < 4.78 is 0. The van der Waals surface area contributed by atoms with Gasteiger partial charge in [-0.15, -0.1) is 11.8 Å². The number of carboxylic acids is 1. The van der Waals surface area contributed by atoms with Crippen molar-refractivity contribution < 1.29 is 9.90 Å². The van der Waals surface area contributed by atoms with Crippen molar-refractivity contribution in [2.45, 2.75) is 11.3 Å². The maximum absolute atomic E-state index is 10.9. The average molecular weight is 209 g/mol. The van der Waals surface area contributed by atoms with Gasteiger partial charge >= 0.3 is 5.97 Å². The first-order valence-electron chi connectivity index (χ1n) is 4.52. The zero-order valence-electron chi connectivity index (χ0n) is 7.62. The molecule has 4 heteroatoms. The largest absolute Gasteiger partial charge is 0.478 e.